The van der Waals surface area contributed by atoms with Gasteiger partial charge in [-0.05, 0) is 13.3 Å². The molecule has 1 fully saturated rings. The van der Waals surface area contributed by atoms with E-state index in [1.165, 1.54) is 4.88 Å². The molecule has 6 nitrogen and oxygen atoms in total. The van der Waals surface area contributed by atoms with E-state index in [0.29, 0.717) is 12.4 Å². The van der Waals surface area contributed by atoms with E-state index in [-0.39, 0.29) is 41.5 Å². The maximum absolute atomic E-state index is 11.4. The van der Waals surface area contributed by atoms with E-state index in [1.807, 2.05) is 13.1 Å². The van der Waals surface area contributed by atoms with E-state index < -0.39 is 9.84 Å². The Balaban J connectivity index is 0.00000220. The van der Waals surface area contributed by atoms with Gasteiger partial charge in [-0.2, -0.15) is 0 Å². The summed E-state index contributed by atoms with van der Waals surface area (Å²) in [4.78, 5) is 9.63. The highest BCUT2D eigenvalue weighted by atomic mass is 127. The average Bonchev–Trinajstić information content (AvgIpc) is 2.94. The van der Waals surface area contributed by atoms with Crippen molar-refractivity contribution >= 4 is 51.1 Å². The Labute approximate surface area is 146 Å². The molecule has 0 bridgehead atoms. The number of nitrogens with zero attached hydrogens (tertiary/aromatic N) is 2. The van der Waals surface area contributed by atoms with Gasteiger partial charge in [0.05, 0.1) is 16.5 Å². The molecule has 120 valence electrons. The largest absolute Gasteiger partial charge is 0.356 e. The van der Waals surface area contributed by atoms with Crippen LogP contribution in [0.4, 0.5) is 0 Å². The van der Waals surface area contributed by atoms with Crippen LogP contribution in [0.1, 0.15) is 16.3 Å². The first-order valence-corrected chi connectivity index (χ1v) is 9.21. The summed E-state index contributed by atoms with van der Waals surface area (Å²) in [5.41, 5.74) is 0. The van der Waals surface area contributed by atoms with Crippen LogP contribution < -0.4 is 10.6 Å². The minimum absolute atomic E-state index is 0. The molecule has 2 N–H and O–H groups in total. The third kappa shape index (κ3) is 6.07. The number of aryl methyl sites for hydroxylation is 1. The number of aliphatic imine (C=N–C) groups is 1. The van der Waals surface area contributed by atoms with Crippen molar-refractivity contribution in [1.29, 1.82) is 0 Å². The summed E-state index contributed by atoms with van der Waals surface area (Å²) in [5.74, 6) is 1.11. The minimum atomic E-state index is -2.86. The van der Waals surface area contributed by atoms with Gasteiger partial charge < -0.3 is 10.6 Å². The molecule has 1 aliphatic heterocycles. The molecule has 0 saturated carbocycles. The first-order valence-electron chi connectivity index (χ1n) is 6.57. The van der Waals surface area contributed by atoms with Crippen LogP contribution in [-0.2, 0) is 16.3 Å². The zero-order valence-electron chi connectivity index (χ0n) is 12.1. The molecule has 21 heavy (non-hydrogen) atoms. The number of hydrogen-bond donors (Lipinski definition) is 2. The van der Waals surface area contributed by atoms with Crippen LogP contribution in [0.25, 0.3) is 0 Å². The molecule has 0 aliphatic carbocycles. The molecule has 1 unspecified atom stereocenters. The van der Waals surface area contributed by atoms with Crippen LogP contribution in [0.15, 0.2) is 11.2 Å². The summed E-state index contributed by atoms with van der Waals surface area (Å²) in [5, 5.41) is 7.44. The van der Waals surface area contributed by atoms with Crippen molar-refractivity contribution in [1.82, 2.24) is 15.6 Å². The Hall–Kier alpha value is -0.420. The Morgan fingerprint density at radius 3 is 2.86 bits per heavy atom. The minimum Gasteiger partial charge on any atom is -0.356 e. The van der Waals surface area contributed by atoms with Crippen LogP contribution in [-0.4, -0.2) is 50.5 Å². The Morgan fingerprint density at radius 1 is 1.57 bits per heavy atom. The van der Waals surface area contributed by atoms with Crippen molar-refractivity contribution < 1.29 is 8.42 Å². The fourth-order valence-corrected chi connectivity index (χ4v) is 4.56. The van der Waals surface area contributed by atoms with Crippen LogP contribution in [0.3, 0.4) is 0 Å². The van der Waals surface area contributed by atoms with E-state index >= 15 is 0 Å². The topological polar surface area (TPSA) is 83.4 Å². The molecule has 1 saturated heterocycles. The van der Waals surface area contributed by atoms with Gasteiger partial charge in [-0.25, -0.2) is 13.4 Å². The molecule has 2 heterocycles. The zero-order valence-corrected chi connectivity index (χ0v) is 16.1. The fraction of sp³-hybridized carbons (Fsp3) is 0.667. The number of guanidine groups is 1. The molecule has 9 heteroatoms. The molecule has 0 radical (unpaired) electrons. The summed E-state index contributed by atoms with van der Waals surface area (Å²) < 4.78 is 22.8. The van der Waals surface area contributed by atoms with E-state index in [9.17, 15) is 8.42 Å². The lowest BCUT2D eigenvalue weighted by molar-refractivity contribution is 0.599. The molecule has 1 aromatic heterocycles. The smallest absolute Gasteiger partial charge is 0.191 e. The van der Waals surface area contributed by atoms with Gasteiger partial charge in [0.25, 0.3) is 0 Å². The van der Waals surface area contributed by atoms with Crippen LogP contribution in [0.5, 0.6) is 0 Å². The van der Waals surface area contributed by atoms with Crippen LogP contribution >= 0.6 is 35.3 Å². The highest BCUT2D eigenvalue weighted by molar-refractivity contribution is 14.0. The number of nitrogens with one attached hydrogen (secondary N) is 2. The fourth-order valence-electron chi connectivity index (χ4n) is 2.10. The second kappa shape index (κ2) is 8.28. The predicted octanol–water partition coefficient (Wildman–Crippen LogP) is 0.964. The number of aromatic nitrogens is 1. The number of thiazole rings is 1. The SMILES string of the molecule is CN=C(NCCc1ncc(C)s1)NC1CCS(=O)(=O)C1.I. The normalized spacial score (nSPS) is 20.9. The van der Waals surface area contributed by atoms with Gasteiger partial charge in [0.15, 0.2) is 15.8 Å². The number of halogens is 1. The van der Waals surface area contributed by atoms with Gasteiger partial charge in [-0.1, -0.05) is 0 Å². The van der Waals surface area contributed by atoms with Crippen molar-refractivity contribution in [3.05, 3.63) is 16.1 Å². The average molecular weight is 444 g/mol. The first-order chi connectivity index (χ1) is 9.48. The highest BCUT2D eigenvalue weighted by Gasteiger charge is 2.28. The highest BCUT2D eigenvalue weighted by Crippen LogP contribution is 2.12. The van der Waals surface area contributed by atoms with Gasteiger partial charge in [0.1, 0.15) is 0 Å². The quantitative estimate of drug-likeness (QED) is 0.411. The van der Waals surface area contributed by atoms with Gasteiger partial charge in [-0.15, -0.1) is 35.3 Å². The molecule has 1 aliphatic rings. The monoisotopic (exact) mass is 444 g/mol. The summed E-state index contributed by atoms with van der Waals surface area (Å²) in [7, 11) is -1.18. The Kier molecular flexibility index (Phi) is 7.34. The lowest BCUT2D eigenvalue weighted by Crippen LogP contribution is -2.44. The van der Waals surface area contributed by atoms with Gasteiger partial charge >= 0.3 is 0 Å². The van der Waals surface area contributed by atoms with Gasteiger partial charge in [0, 0.05) is 37.1 Å². The van der Waals surface area contributed by atoms with Crippen molar-refractivity contribution in [3.8, 4) is 0 Å². The van der Waals surface area contributed by atoms with E-state index in [1.54, 1.807) is 18.4 Å². The van der Waals surface area contributed by atoms with E-state index in [4.69, 9.17) is 0 Å². The van der Waals surface area contributed by atoms with Crippen molar-refractivity contribution in [3.63, 3.8) is 0 Å². The summed E-state index contributed by atoms with van der Waals surface area (Å²) in [6.07, 6.45) is 3.35. The second-order valence-corrected chi connectivity index (χ2v) is 8.41. The van der Waals surface area contributed by atoms with Crippen molar-refractivity contribution in [2.45, 2.75) is 25.8 Å². The maximum Gasteiger partial charge on any atom is 0.191 e. The summed E-state index contributed by atoms with van der Waals surface area (Å²) >= 11 is 1.69. The molecule has 2 rings (SSSR count). The molecule has 0 spiro atoms. The second-order valence-electron chi connectivity index (χ2n) is 4.86. The van der Waals surface area contributed by atoms with Crippen LogP contribution in [0.2, 0.25) is 0 Å². The molecular formula is C12H21IN4O2S2. The van der Waals surface area contributed by atoms with Gasteiger partial charge in [0.2, 0.25) is 0 Å². The van der Waals surface area contributed by atoms with E-state index in [2.05, 4.69) is 20.6 Å². The standard InChI is InChI=1S/C12H20N4O2S2.HI/c1-9-7-15-11(19-9)3-5-14-12(13-2)16-10-4-6-20(17,18)8-10;/h7,10H,3-6,8H2,1-2H3,(H2,13,14,16);1H. The predicted molar refractivity (Wildman–Crippen MR) is 97.5 cm³/mol. The van der Waals surface area contributed by atoms with Crippen molar-refractivity contribution in [2.75, 3.05) is 25.1 Å². The molecule has 0 aromatic carbocycles. The number of rotatable bonds is 4. The Morgan fingerprint density at radius 2 is 2.33 bits per heavy atom. The van der Waals surface area contributed by atoms with Crippen LogP contribution in [0, 0.1) is 6.92 Å². The Bertz CT molecular complexity index is 586. The molecule has 1 atom stereocenters. The van der Waals surface area contributed by atoms with E-state index in [0.717, 1.165) is 18.0 Å². The third-order valence-corrected chi connectivity index (χ3v) is 5.84. The summed E-state index contributed by atoms with van der Waals surface area (Å²) in [6, 6.07) is -0.0340. The lowest BCUT2D eigenvalue weighted by Gasteiger charge is -2.15. The van der Waals surface area contributed by atoms with Crippen molar-refractivity contribution in [2.24, 2.45) is 4.99 Å². The third-order valence-electron chi connectivity index (χ3n) is 3.10. The molecular weight excluding hydrogens is 423 g/mol. The zero-order chi connectivity index (χ0) is 14.6. The molecule has 0 amide bonds. The molecule has 1 aromatic rings. The number of sulfone groups is 1. The van der Waals surface area contributed by atoms with Gasteiger partial charge in [-0.3, -0.25) is 4.99 Å². The summed E-state index contributed by atoms with van der Waals surface area (Å²) in [6.45, 7) is 2.77. The maximum atomic E-state index is 11.4. The lowest BCUT2D eigenvalue weighted by atomic mass is 10.3. The first kappa shape index (κ1) is 18.6. The number of hydrogen-bond acceptors (Lipinski definition) is 5.